The van der Waals surface area contributed by atoms with E-state index in [1.807, 2.05) is 54.8 Å². The van der Waals surface area contributed by atoms with E-state index in [0.717, 1.165) is 34.1 Å². The Hall–Kier alpha value is -2.66. The maximum absolute atomic E-state index is 9.37. The molecule has 1 aromatic heterocycles. The zero-order valence-corrected chi connectivity index (χ0v) is 13.5. The van der Waals surface area contributed by atoms with Crippen LogP contribution in [0.5, 0.6) is 5.75 Å². The van der Waals surface area contributed by atoms with Gasteiger partial charge in [0.15, 0.2) is 0 Å². The Labute approximate surface area is 139 Å². The van der Waals surface area contributed by atoms with E-state index >= 15 is 0 Å². The van der Waals surface area contributed by atoms with Crippen molar-refractivity contribution in [1.29, 1.82) is 0 Å². The third-order valence-corrected chi connectivity index (χ3v) is 4.14. The van der Waals surface area contributed by atoms with Crippen molar-refractivity contribution < 1.29 is 5.11 Å². The van der Waals surface area contributed by atoms with Gasteiger partial charge in [-0.3, -0.25) is 5.43 Å². The largest absolute Gasteiger partial charge is 0.508 e. The van der Waals surface area contributed by atoms with Gasteiger partial charge in [-0.2, -0.15) is 5.10 Å². The van der Waals surface area contributed by atoms with Crippen molar-refractivity contribution >= 4 is 22.2 Å². The van der Waals surface area contributed by atoms with E-state index in [1.54, 1.807) is 12.1 Å². The average molecular weight is 323 g/mol. The number of hydrazone groups is 1. The van der Waals surface area contributed by atoms with Crippen LogP contribution in [0.3, 0.4) is 0 Å². The lowest BCUT2D eigenvalue weighted by Crippen LogP contribution is -2.02. The minimum Gasteiger partial charge on any atom is -0.508 e. The Morgan fingerprint density at radius 3 is 2.57 bits per heavy atom. The van der Waals surface area contributed by atoms with Crippen LogP contribution < -0.4 is 5.43 Å². The van der Waals surface area contributed by atoms with E-state index < -0.39 is 0 Å². The predicted molar refractivity (Wildman–Crippen MR) is 96.1 cm³/mol. The molecule has 0 unspecified atom stereocenters. The Bertz CT molecular complexity index is 795. The molecule has 0 amide bonds. The maximum atomic E-state index is 9.37. The number of nitrogens with zero attached hydrogens (tertiary/aromatic N) is 2. The zero-order valence-electron chi connectivity index (χ0n) is 12.7. The van der Waals surface area contributed by atoms with Gasteiger partial charge in [0.2, 0.25) is 5.13 Å². The molecule has 0 bridgehead atoms. The molecular formula is C18H17N3OS. The van der Waals surface area contributed by atoms with Gasteiger partial charge in [0, 0.05) is 10.9 Å². The number of benzene rings is 2. The molecule has 0 fully saturated rings. The van der Waals surface area contributed by atoms with Crippen LogP contribution in [0.25, 0.3) is 11.3 Å². The molecule has 0 saturated carbocycles. The molecule has 23 heavy (non-hydrogen) atoms. The Morgan fingerprint density at radius 1 is 1.13 bits per heavy atom. The molecule has 5 heteroatoms. The van der Waals surface area contributed by atoms with Crippen LogP contribution in [0.1, 0.15) is 18.9 Å². The van der Waals surface area contributed by atoms with Crippen molar-refractivity contribution in [3.63, 3.8) is 0 Å². The van der Waals surface area contributed by atoms with Crippen molar-refractivity contribution in [2.75, 3.05) is 5.43 Å². The first-order valence-corrected chi connectivity index (χ1v) is 8.27. The Morgan fingerprint density at radius 2 is 1.87 bits per heavy atom. The van der Waals surface area contributed by atoms with Gasteiger partial charge >= 0.3 is 0 Å². The predicted octanol–water partition coefficient (Wildman–Crippen LogP) is 4.74. The van der Waals surface area contributed by atoms with E-state index in [0.29, 0.717) is 0 Å². The first kappa shape index (κ1) is 15.2. The van der Waals surface area contributed by atoms with Crippen LogP contribution in [0.4, 0.5) is 5.13 Å². The van der Waals surface area contributed by atoms with Crippen LogP contribution in [0, 0.1) is 0 Å². The highest BCUT2D eigenvalue weighted by molar-refractivity contribution is 7.14. The molecular weight excluding hydrogens is 306 g/mol. The topological polar surface area (TPSA) is 57.5 Å². The summed E-state index contributed by atoms with van der Waals surface area (Å²) in [6.45, 7) is 2.05. The van der Waals surface area contributed by atoms with Crippen molar-refractivity contribution in [2.45, 2.75) is 13.3 Å². The van der Waals surface area contributed by atoms with Crippen LogP contribution in [-0.4, -0.2) is 15.8 Å². The second-order valence-electron chi connectivity index (χ2n) is 4.97. The number of anilines is 1. The number of phenolic OH excluding ortho intramolecular Hbond substituents is 1. The number of rotatable bonds is 5. The monoisotopic (exact) mass is 323 g/mol. The average Bonchev–Trinajstić information content (AvgIpc) is 3.07. The van der Waals surface area contributed by atoms with E-state index in [4.69, 9.17) is 0 Å². The van der Waals surface area contributed by atoms with Gasteiger partial charge in [-0.15, -0.1) is 11.3 Å². The third-order valence-electron chi connectivity index (χ3n) is 3.40. The standard InChI is InChI=1S/C18H17N3OS/c1-2-16(14-8-10-15(22)11-9-14)20-21-18-19-17(12-23-18)13-6-4-3-5-7-13/h3-12,22H,2H2,1H3,(H,19,21)/b20-16+. The number of thiazole rings is 1. The van der Waals surface area contributed by atoms with Crippen LogP contribution in [0.15, 0.2) is 65.1 Å². The molecule has 2 N–H and O–H groups in total. The van der Waals surface area contributed by atoms with Gasteiger partial charge in [0.05, 0.1) is 11.4 Å². The zero-order chi connectivity index (χ0) is 16.1. The summed E-state index contributed by atoms with van der Waals surface area (Å²) in [7, 11) is 0. The molecule has 0 aliphatic rings. The number of hydrogen-bond donors (Lipinski definition) is 2. The molecule has 3 rings (SSSR count). The van der Waals surface area contributed by atoms with Crippen molar-refractivity contribution in [2.24, 2.45) is 5.10 Å². The lowest BCUT2D eigenvalue weighted by atomic mass is 10.1. The molecule has 0 saturated heterocycles. The van der Waals surface area contributed by atoms with Gasteiger partial charge in [0.1, 0.15) is 5.75 Å². The van der Waals surface area contributed by atoms with Crippen LogP contribution in [-0.2, 0) is 0 Å². The summed E-state index contributed by atoms with van der Waals surface area (Å²) in [4.78, 5) is 4.55. The van der Waals surface area contributed by atoms with E-state index in [-0.39, 0.29) is 5.75 Å². The van der Waals surface area contributed by atoms with Crippen molar-refractivity contribution in [3.05, 3.63) is 65.5 Å². The molecule has 1 heterocycles. The van der Waals surface area contributed by atoms with Gasteiger partial charge in [-0.05, 0) is 36.2 Å². The first-order valence-electron chi connectivity index (χ1n) is 7.39. The Balaban J connectivity index is 1.76. The van der Waals surface area contributed by atoms with E-state index in [2.05, 4.69) is 15.5 Å². The fraction of sp³-hybridized carbons (Fsp3) is 0.111. The molecule has 116 valence electrons. The number of aromatic nitrogens is 1. The normalized spacial score (nSPS) is 11.4. The van der Waals surface area contributed by atoms with Gasteiger partial charge in [-0.25, -0.2) is 4.98 Å². The number of nitrogens with one attached hydrogen (secondary N) is 1. The van der Waals surface area contributed by atoms with Crippen LogP contribution in [0.2, 0.25) is 0 Å². The second kappa shape index (κ2) is 7.07. The van der Waals surface area contributed by atoms with Gasteiger partial charge < -0.3 is 5.11 Å². The minimum absolute atomic E-state index is 0.254. The highest BCUT2D eigenvalue weighted by Crippen LogP contribution is 2.24. The lowest BCUT2D eigenvalue weighted by Gasteiger charge is -2.04. The molecule has 3 aromatic rings. The summed E-state index contributed by atoms with van der Waals surface area (Å²) in [5.41, 5.74) is 6.97. The summed E-state index contributed by atoms with van der Waals surface area (Å²) in [6.07, 6.45) is 0.786. The van der Waals surface area contributed by atoms with Crippen molar-refractivity contribution in [3.8, 4) is 17.0 Å². The number of phenols is 1. The smallest absolute Gasteiger partial charge is 0.203 e. The third kappa shape index (κ3) is 3.76. The summed E-state index contributed by atoms with van der Waals surface area (Å²) >= 11 is 1.53. The van der Waals surface area contributed by atoms with Gasteiger partial charge in [0.25, 0.3) is 0 Å². The Kier molecular flexibility index (Phi) is 4.68. The fourth-order valence-corrected chi connectivity index (χ4v) is 2.84. The quantitative estimate of drug-likeness (QED) is 0.526. The highest BCUT2D eigenvalue weighted by Gasteiger charge is 2.05. The van der Waals surface area contributed by atoms with E-state index in [9.17, 15) is 5.11 Å². The number of aromatic hydroxyl groups is 1. The summed E-state index contributed by atoms with van der Waals surface area (Å²) in [5, 5.41) is 16.6. The summed E-state index contributed by atoms with van der Waals surface area (Å²) in [5.74, 6) is 0.254. The second-order valence-corrected chi connectivity index (χ2v) is 5.83. The highest BCUT2D eigenvalue weighted by atomic mass is 32.1. The molecule has 0 radical (unpaired) electrons. The molecule has 0 atom stereocenters. The van der Waals surface area contributed by atoms with Crippen molar-refractivity contribution in [1.82, 2.24) is 4.98 Å². The summed E-state index contributed by atoms with van der Waals surface area (Å²) in [6, 6.07) is 17.1. The van der Waals surface area contributed by atoms with E-state index in [1.165, 1.54) is 11.3 Å². The molecule has 4 nitrogen and oxygen atoms in total. The molecule has 0 spiro atoms. The SMILES string of the molecule is CC/C(=N\Nc1nc(-c2ccccc2)cs1)c1ccc(O)cc1. The summed E-state index contributed by atoms with van der Waals surface area (Å²) < 4.78 is 0. The maximum Gasteiger partial charge on any atom is 0.203 e. The number of hydrogen-bond acceptors (Lipinski definition) is 5. The minimum atomic E-state index is 0.254. The first-order chi connectivity index (χ1) is 11.3. The van der Waals surface area contributed by atoms with Crippen LogP contribution >= 0.6 is 11.3 Å². The molecule has 0 aliphatic heterocycles. The molecule has 0 aliphatic carbocycles. The van der Waals surface area contributed by atoms with Gasteiger partial charge in [-0.1, -0.05) is 37.3 Å². The lowest BCUT2D eigenvalue weighted by molar-refractivity contribution is 0.475. The fourth-order valence-electron chi connectivity index (χ4n) is 2.18. The molecule has 2 aromatic carbocycles.